The lowest BCUT2D eigenvalue weighted by molar-refractivity contribution is -0.211. The van der Waals surface area contributed by atoms with Gasteiger partial charge in [-0.1, -0.05) is 60.1 Å². The summed E-state index contributed by atoms with van der Waals surface area (Å²) in [5.41, 5.74) is 2.51. The van der Waals surface area contributed by atoms with Crippen LogP contribution in [0.15, 0.2) is 11.6 Å². The van der Waals surface area contributed by atoms with Crippen molar-refractivity contribution in [3.8, 4) is 0 Å². The van der Waals surface area contributed by atoms with Gasteiger partial charge in [0.1, 0.15) is 12.4 Å². The van der Waals surface area contributed by atoms with Gasteiger partial charge in [0.25, 0.3) is 0 Å². The van der Waals surface area contributed by atoms with Gasteiger partial charge in [-0.15, -0.1) is 0 Å². The molecule has 4 saturated carbocycles. The summed E-state index contributed by atoms with van der Waals surface area (Å²) in [7, 11) is 0. The van der Waals surface area contributed by atoms with Crippen molar-refractivity contribution in [3.63, 3.8) is 0 Å². The van der Waals surface area contributed by atoms with E-state index < -0.39 is 0 Å². The summed E-state index contributed by atoms with van der Waals surface area (Å²) in [6.07, 6.45) is 15.4. The number of allylic oxidation sites excluding steroid dienone is 2. The van der Waals surface area contributed by atoms with E-state index in [1.165, 1.54) is 25.5 Å². The van der Waals surface area contributed by atoms with Gasteiger partial charge in [0.05, 0.1) is 0 Å². The zero-order valence-corrected chi connectivity index (χ0v) is 23.8. The standard InChI is InChI=1S/C32H50O3/c1-21(34)35-26-12-13-29(6)24(28(26,4)5)11-14-31(8)25(29)10-9-22-23-19-27(2,3)15-17-32(23,20-33)18-16-30(22,31)7/h9,20,23-26H,10-19H2,1-8H3/t23-,24-,25+,26-,29-,30+,31+,32+/m0/s1. The summed E-state index contributed by atoms with van der Waals surface area (Å²) in [5.74, 6) is 1.49. The summed E-state index contributed by atoms with van der Waals surface area (Å²) in [5, 5.41) is 0. The van der Waals surface area contributed by atoms with E-state index in [2.05, 4.69) is 54.5 Å². The topological polar surface area (TPSA) is 43.4 Å². The minimum absolute atomic E-state index is 0.00245. The molecular weight excluding hydrogens is 432 g/mol. The van der Waals surface area contributed by atoms with Crippen molar-refractivity contribution in [2.24, 2.45) is 50.2 Å². The number of ether oxygens (including phenoxy) is 1. The number of carbonyl (C=O) groups excluding carboxylic acids is 2. The van der Waals surface area contributed by atoms with E-state index in [0.29, 0.717) is 23.2 Å². The molecule has 0 N–H and O–H groups in total. The van der Waals surface area contributed by atoms with Crippen LogP contribution in [0.5, 0.6) is 0 Å². The van der Waals surface area contributed by atoms with Gasteiger partial charge in [0, 0.05) is 17.8 Å². The molecule has 5 aliphatic rings. The molecule has 5 aliphatic carbocycles. The molecule has 196 valence electrons. The number of carbonyl (C=O) groups is 2. The highest BCUT2D eigenvalue weighted by atomic mass is 16.5. The summed E-state index contributed by atoms with van der Waals surface area (Å²) >= 11 is 0. The number of aldehydes is 1. The molecule has 0 spiro atoms. The van der Waals surface area contributed by atoms with Crippen molar-refractivity contribution in [1.82, 2.24) is 0 Å². The molecule has 8 atom stereocenters. The van der Waals surface area contributed by atoms with Crippen LogP contribution in [-0.4, -0.2) is 18.4 Å². The van der Waals surface area contributed by atoms with Crippen molar-refractivity contribution >= 4 is 12.3 Å². The number of hydrogen-bond acceptors (Lipinski definition) is 3. The fourth-order valence-corrected chi connectivity index (χ4v) is 10.9. The summed E-state index contributed by atoms with van der Waals surface area (Å²) in [6, 6.07) is 0. The third-order valence-corrected chi connectivity index (χ3v) is 13.2. The predicted octanol–water partition coefficient (Wildman–Crippen LogP) is 7.92. The SMILES string of the molecule is CC(=O)O[C@H]1CC[C@]2(C)[C@H]3CC=C4[C@@H]5CC(C)(C)CC[C@]5(C=O)CC[C@@]4(C)[C@]3(C)CC[C@H]2C1(C)C. The Morgan fingerprint density at radius 2 is 1.60 bits per heavy atom. The molecule has 0 bridgehead atoms. The Labute approximate surface area is 214 Å². The lowest BCUT2D eigenvalue weighted by atomic mass is 9.33. The van der Waals surface area contributed by atoms with Gasteiger partial charge in [-0.2, -0.15) is 0 Å². The Morgan fingerprint density at radius 3 is 2.26 bits per heavy atom. The fraction of sp³-hybridized carbons (Fsp3) is 0.875. The lowest BCUT2D eigenvalue weighted by Crippen LogP contribution is -2.65. The van der Waals surface area contributed by atoms with Crippen LogP contribution in [-0.2, 0) is 14.3 Å². The van der Waals surface area contributed by atoms with Crippen molar-refractivity contribution in [1.29, 1.82) is 0 Å². The van der Waals surface area contributed by atoms with Crippen LogP contribution in [0.3, 0.4) is 0 Å². The third kappa shape index (κ3) is 3.34. The normalized spacial score (nSPS) is 49.9. The van der Waals surface area contributed by atoms with E-state index in [4.69, 9.17) is 4.74 Å². The highest BCUT2D eigenvalue weighted by Gasteiger charge is 2.68. The van der Waals surface area contributed by atoms with E-state index in [0.717, 1.165) is 44.9 Å². The maximum atomic E-state index is 12.6. The Hall–Kier alpha value is -1.12. The summed E-state index contributed by atoms with van der Waals surface area (Å²) in [4.78, 5) is 24.5. The first kappa shape index (κ1) is 25.5. The smallest absolute Gasteiger partial charge is 0.302 e. The van der Waals surface area contributed by atoms with Crippen LogP contribution in [0.1, 0.15) is 120 Å². The largest absolute Gasteiger partial charge is 0.462 e. The molecule has 0 saturated heterocycles. The number of rotatable bonds is 2. The number of fused-ring (bicyclic) bond motifs is 7. The molecule has 0 aromatic carbocycles. The minimum atomic E-state index is -0.138. The van der Waals surface area contributed by atoms with E-state index in [9.17, 15) is 9.59 Å². The number of hydrogen-bond donors (Lipinski definition) is 0. The molecule has 0 heterocycles. The first-order valence-corrected chi connectivity index (χ1v) is 14.5. The lowest BCUT2D eigenvalue weighted by Gasteiger charge is -2.71. The first-order chi connectivity index (χ1) is 16.2. The van der Waals surface area contributed by atoms with Gasteiger partial charge in [0.2, 0.25) is 0 Å². The van der Waals surface area contributed by atoms with Crippen molar-refractivity contribution in [2.45, 2.75) is 126 Å². The first-order valence-electron chi connectivity index (χ1n) is 14.5. The Bertz CT molecular complexity index is 944. The van der Waals surface area contributed by atoms with Gasteiger partial charge in [-0.05, 0) is 104 Å². The maximum absolute atomic E-state index is 12.6. The fourth-order valence-electron chi connectivity index (χ4n) is 10.9. The molecule has 4 fully saturated rings. The highest BCUT2D eigenvalue weighted by molar-refractivity contribution is 5.66. The van der Waals surface area contributed by atoms with Crippen LogP contribution in [0.25, 0.3) is 0 Å². The number of esters is 1. The minimum Gasteiger partial charge on any atom is -0.462 e. The summed E-state index contributed by atoms with van der Waals surface area (Å²) in [6.45, 7) is 18.9. The van der Waals surface area contributed by atoms with Crippen LogP contribution in [0.2, 0.25) is 0 Å². The molecule has 0 unspecified atom stereocenters. The van der Waals surface area contributed by atoms with Crippen LogP contribution in [0, 0.1) is 50.2 Å². The molecule has 3 nitrogen and oxygen atoms in total. The zero-order chi connectivity index (χ0) is 25.7. The molecule has 0 radical (unpaired) electrons. The molecule has 35 heavy (non-hydrogen) atoms. The van der Waals surface area contributed by atoms with Gasteiger partial charge >= 0.3 is 5.97 Å². The summed E-state index contributed by atoms with van der Waals surface area (Å²) < 4.78 is 5.89. The molecule has 0 aromatic rings. The monoisotopic (exact) mass is 482 g/mol. The van der Waals surface area contributed by atoms with Crippen LogP contribution in [0.4, 0.5) is 0 Å². The second-order valence-corrected chi connectivity index (χ2v) is 15.5. The van der Waals surface area contributed by atoms with Gasteiger partial charge < -0.3 is 9.53 Å². The maximum Gasteiger partial charge on any atom is 0.302 e. The molecule has 3 heteroatoms. The van der Waals surface area contributed by atoms with E-state index >= 15 is 0 Å². The van der Waals surface area contributed by atoms with E-state index in [-0.39, 0.29) is 39.1 Å². The van der Waals surface area contributed by atoms with Gasteiger partial charge in [0.15, 0.2) is 0 Å². The zero-order valence-electron chi connectivity index (χ0n) is 23.8. The van der Waals surface area contributed by atoms with Gasteiger partial charge in [-0.25, -0.2) is 0 Å². The Kier molecular flexibility index (Phi) is 5.62. The average molecular weight is 483 g/mol. The van der Waals surface area contributed by atoms with E-state index in [1.54, 1.807) is 12.5 Å². The third-order valence-electron chi connectivity index (χ3n) is 13.2. The van der Waals surface area contributed by atoms with Crippen molar-refractivity contribution in [3.05, 3.63) is 11.6 Å². The molecular formula is C32H50O3. The molecule has 5 rings (SSSR count). The molecule has 0 aromatic heterocycles. The van der Waals surface area contributed by atoms with Gasteiger partial charge in [-0.3, -0.25) is 4.79 Å². The second-order valence-electron chi connectivity index (χ2n) is 15.5. The van der Waals surface area contributed by atoms with Crippen LogP contribution < -0.4 is 0 Å². The molecule has 0 amide bonds. The van der Waals surface area contributed by atoms with Crippen LogP contribution >= 0.6 is 0 Å². The average Bonchev–Trinajstić information content (AvgIpc) is 2.76. The van der Waals surface area contributed by atoms with Crippen molar-refractivity contribution in [2.75, 3.05) is 0 Å². The molecule has 0 aliphatic heterocycles. The quantitative estimate of drug-likeness (QED) is 0.228. The Balaban J connectivity index is 1.54. The van der Waals surface area contributed by atoms with E-state index in [1.807, 2.05) is 0 Å². The van der Waals surface area contributed by atoms with Crippen molar-refractivity contribution < 1.29 is 14.3 Å². The highest BCUT2D eigenvalue weighted by Crippen LogP contribution is 2.75. The predicted molar refractivity (Wildman–Crippen MR) is 141 cm³/mol. The Morgan fingerprint density at radius 1 is 0.914 bits per heavy atom. The second kappa shape index (κ2) is 7.70.